The van der Waals surface area contributed by atoms with Crippen LogP contribution in [0.3, 0.4) is 0 Å². The minimum absolute atomic E-state index is 0.0269. The Labute approximate surface area is 191 Å². The van der Waals surface area contributed by atoms with E-state index in [1.54, 1.807) is 4.90 Å². The van der Waals surface area contributed by atoms with Crippen LogP contribution in [0.2, 0.25) is 0 Å². The summed E-state index contributed by atoms with van der Waals surface area (Å²) in [4.78, 5) is 20.5. The Morgan fingerprint density at radius 2 is 1.47 bits per heavy atom. The highest BCUT2D eigenvalue weighted by Crippen LogP contribution is 2.35. The summed E-state index contributed by atoms with van der Waals surface area (Å²) in [6.45, 7) is 0.487. The summed E-state index contributed by atoms with van der Waals surface area (Å²) in [5.41, 5.74) is 3.96. The van der Waals surface area contributed by atoms with Gasteiger partial charge in [-0.15, -0.1) is 0 Å². The van der Waals surface area contributed by atoms with Crippen LogP contribution in [-0.4, -0.2) is 20.5 Å². The van der Waals surface area contributed by atoms with E-state index >= 15 is 0 Å². The van der Waals surface area contributed by atoms with Gasteiger partial charge in [0.15, 0.2) is 5.17 Å². The van der Waals surface area contributed by atoms with E-state index < -0.39 is 0 Å². The number of aromatic nitrogens is 1. The Kier molecular flexibility index (Phi) is 5.73. The molecule has 0 unspecified atom stereocenters. The summed E-state index contributed by atoms with van der Waals surface area (Å²) in [5.74, 6) is -0.0269. The van der Waals surface area contributed by atoms with Crippen LogP contribution >= 0.6 is 11.8 Å². The summed E-state index contributed by atoms with van der Waals surface area (Å²) < 4.78 is 2.05. The number of amidine groups is 1. The normalized spacial score (nSPS) is 16.2. The largest absolute Gasteiger partial charge is 0.323 e. The number of para-hydroxylation sites is 2. The van der Waals surface area contributed by atoms with Crippen LogP contribution in [0.4, 0.5) is 5.69 Å². The molecule has 4 nitrogen and oxygen atoms in total. The molecule has 5 heteroatoms. The van der Waals surface area contributed by atoms with Gasteiger partial charge in [0.25, 0.3) is 5.91 Å². The minimum Gasteiger partial charge on any atom is -0.323 e. The van der Waals surface area contributed by atoms with Gasteiger partial charge in [0, 0.05) is 18.1 Å². The van der Waals surface area contributed by atoms with E-state index in [9.17, 15) is 4.79 Å². The van der Waals surface area contributed by atoms with Gasteiger partial charge in [-0.05, 0) is 59.3 Å². The number of carbonyl (C=O) groups is 1. The number of nitrogens with zero attached hydrogens (tertiary/aromatic N) is 3. The van der Waals surface area contributed by atoms with Crippen LogP contribution in [0.5, 0.6) is 0 Å². The monoisotopic (exact) mass is 435 g/mol. The van der Waals surface area contributed by atoms with Gasteiger partial charge in [0.1, 0.15) is 0 Å². The molecule has 32 heavy (non-hydrogen) atoms. The number of benzene rings is 3. The lowest BCUT2D eigenvalue weighted by Crippen LogP contribution is -2.28. The lowest BCUT2D eigenvalue weighted by molar-refractivity contribution is -0.122. The van der Waals surface area contributed by atoms with Crippen molar-refractivity contribution in [2.45, 2.75) is 6.54 Å². The molecule has 1 aromatic heterocycles. The van der Waals surface area contributed by atoms with Crippen LogP contribution in [0.25, 0.3) is 11.8 Å². The summed E-state index contributed by atoms with van der Waals surface area (Å²) in [6, 6.07) is 31.9. The molecule has 0 bridgehead atoms. The highest BCUT2D eigenvalue weighted by atomic mass is 32.2. The number of thioether (sulfide) groups is 1. The predicted molar refractivity (Wildman–Crippen MR) is 132 cm³/mol. The first kappa shape index (κ1) is 20.1. The van der Waals surface area contributed by atoms with E-state index in [1.165, 1.54) is 11.8 Å². The zero-order chi connectivity index (χ0) is 21.8. The smallest absolute Gasteiger partial charge is 0.267 e. The van der Waals surface area contributed by atoms with Gasteiger partial charge in [-0.2, -0.15) is 0 Å². The Hall–Kier alpha value is -3.83. The molecule has 0 N–H and O–H groups in total. The summed E-state index contributed by atoms with van der Waals surface area (Å²) >= 11 is 1.42. The van der Waals surface area contributed by atoms with Crippen LogP contribution in [0.15, 0.2) is 119 Å². The maximum atomic E-state index is 13.3. The Morgan fingerprint density at radius 1 is 0.812 bits per heavy atom. The second kappa shape index (κ2) is 9.12. The minimum atomic E-state index is -0.0269. The fourth-order valence-corrected chi connectivity index (χ4v) is 4.52. The lowest BCUT2D eigenvalue weighted by Gasteiger charge is -2.15. The van der Waals surface area contributed by atoms with E-state index in [0.29, 0.717) is 16.6 Å². The van der Waals surface area contributed by atoms with Crippen LogP contribution in [0.1, 0.15) is 11.1 Å². The van der Waals surface area contributed by atoms with Crippen molar-refractivity contribution in [1.82, 2.24) is 9.47 Å². The first-order valence-electron chi connectivity index (χ1n) is 10.4. The van der Waals surface area contributed by atoms with Crippen molar-refractivity contribution in [2.24, 2.45) is 4.99 Å². The van der Waals surface area contributed by atoms with Crippen LogP contribution in [-0.2, 0) is 11.3 Å². The lowest BCUT2D eigenvalue weighted by atomic mass is 10.2. The molecular formula is C27H21N3OS. The molecule has 1 aliphatic heterocycles. The first-order valence-corrected chi connectivity index (χ1v) is 11.2. The summed E-state index contributed by atoms with van der Waals surface area (Å²) in [7, 11) is 0. The standard InChI is InChI=1S/C27H21N3OS/c31-26-25(18-22-16-17-29(19-22)24-14-8-3-9-15-24)32-27(28-23-12-6-2-7-13-23)30(26)20-21-10-4-1-5-11-21/h1-19H,20H2/b25-18+,28-27?. The SMILES string of the molecule is O=C1/C(=C\c2ccn(-c3ccccc3)c2)SC(=Nc2ccccc2)N1Cc1ccccc1. The Bertz CT molecular complexity index is 1280. The van der Waals surface area contributed by atoms with Crippen molar-refractivity contribution in [3.8, 4) is 5.69 Å². The maximum Gasteiger partial charge on any atom is 0.267 e. The fraction of sp³-hybridized carbons (Fsp3) is 0.0370. The Morgan fingerprint density at radius 3 is 2.19 bits per heavy atom. The van der Waals surface area contributed by atoms with Crippen LogP contribution < -0.4 is 0 Å². The number of rotatable bonds is 5. The van der Waals surface area contributed by atoms with Gasteiger partial charge in [-0.25, -0.2) is 4.99 Å². The van der Waals surface area contributed by atoms with Crippen molar-refractivity contribution in [3.63, 3.8) is 0 Å². The van der Waals surface area contributed by atoms with Crippen LogP contribution in [0, 0.1) is 0 Å². The van der Waals surface area contributed by atoms with E-state index in [2.05, 4.69) is 16.7 Å². The molecule has 0 aliphatic carbocycles. The maximum absolute atomic E-state index is 13.3. The quantitative estimate of drug-likeness (QED) is 0.346. The zero-order valence-electron chi connectivity index (χ0n) is 17.3. The number of hydrogen-bond acceptors (Lipinski definition) is 3. The van der Waals surface area contributed by atoms with Gasteiger partial charge in [0.05, 0.1) is 17.1 Å². The average Bonchev–Trinajstić information content (AvgIpc) is 3.42. The third-order valence-electron chi connectivity index (χ3n) is 5.12. The summed E-state index contributed by atoms with van der Waals surface area (Å²) in [5, 5.41) is 0.693. The topological polar surface area (TPSA) is 37.6 Å². The molecule has 5 rings (SSSR count). The second-order valence-corrected chi connectivity index (χ2v) is 8.41. The van der Waals surface area contributed by atoms with Crippen molar-refractivity contribution in [2.75, 3.05) is 0 Å². The molecule has 1 amide bonds. The van der Waals surface area contributed by atoms with Crippen molar-refractivity contribution >= 4 is 34.6 Å². The van der Waals surface area contributed by atoms with Gasteiger partial charge in [-0.3, -0.25) is 9.69 Å². The number of aliphatic imine (C=N–C) groups is 1. The van der Waals surface area contributed by atoms with E-state index in [-0.39, 0.29) is 5.91 Å². The number of hydrogen-bond donors (Lipinski definition) is 0. The molecule has 3 aromatic carbocycles. The molecule has 1 aliphatic rings. The Balaban J connectivity index is 1.46. The van der Waals surface area contributed by atoms with Gasteiger partial charge in [-0.1, -0.05) is 66.7 Å². The molecule has 0 spiro atoms. The van der Waals surface area contributed by atoms with Gasteiger partial charge < -0.3 is 4.57 Å². The average molecular weight is 436 g/mol. The predicted octanol–water partition coefficient (Wildman–Crippen LogP) is 6.28. The highest BCUT2D eigenvalue weighted by Gasteiger charge is 2.33. The molecule has 0 radical (unpaired) electrons. The van der Waals surface area contributed by atoms with E-state index in [1.807, 2.05) is 103 Å². The second-order valence-electron chi connectivity index (χ2n) is 7.41. The molecule has 0 saturated carbocycles. The molecular weight excluding hydrogens is 414 g/mol. The van der Waals surface area contributed by atoms with E-state index in [4.69, 9.17) is 4.99 Å². The molecule has 4 aromatic rings. The molecule has 2 heterocycles. The van der Waals surface area contributed by atoms with Crippen molar-refractivity contribution in [3.05, 3.63) is 125 Å². The number of carbonyl (C=O) groups excluding carboxylic acids is 1. The summed E-state index contributed by atoms with van der Waals surface area (Å²) in [6.07, 6.45) is 5.98. The highest BCUT2D eigenvalue weighted by molar-refractivity contribution is 8.18. The fourth-order valence-electron chi connectivity index (χ4n) is 3.52. The number of amides is 1. The van der Waals surface area contributed by atoms with Crippen molar-refractivity contribution in [1.29, 1.82) is 0 Å². The molecule has 1 fully saturated rings. The third kappa shape index (κ3) is 4.43. The first-order chi connectivity index (χ1) is 15.8. The zero-order valence-corrected chi connectivity index (χ0v) is 18.2. The van der Waals surface area contributed by atoms with Gasteiger partial charge in [0.2, 0.25) is 0 Å². The molecule has 156 valence electrons. The molecule has 1 saturated heterocycles. The van der Waals surface area contributed by atoms with Gasteiger partial charge >= 0.3 is 0 Å². The third-order valence-corrected chi connectivity index (χ3v) is 6.13. The molecule has 0 atom stereocenters. The van der Waals surface area contributed by atoms with E-state index in [0.717, 1.165) is 22.5 Å². The van der Waals surface area contributed by atoms with Crippen molar-refractivity contribution < 1.29 is 4.79 Å².